The molecule has 1 saturated carbocycles. The lowest BCUT2D eigenvalue weighted by Crippen LogP contribution is -2.60. The molecule has 1 aromatic carbocycles. The highest BCUT2D eigenvalue weighted by Crippen LogP contribution is 2.71. The summed E-state index contributed by atoms with van der Waals surface area (Å²) in [4.78, 5) is 0.634. The Labute approximate surface area is 157 Å². The van der Waals surface area contributed by atoms with Crippen molar-refractivity contribution in [2.24, 2.45) is 0 Å². The van der Waals surface area contributed by atoms with Crippen LogP contribution in [0.3, 0.4) is 0 Å². The second-order valence-electron chi connectivity index (χ2n) is 4.74. The summed E-state index contributed by atoms with van der Waals surface area (Å²) in [5.74, 6) is 0.642. The largest absolute Gasteiger partial charge is 0.103 e. The number of benzene rings is 1. The quantitative estimate of drug-likeness (QED) is 0.292. The van der Waals surface area contributed by atoms with Gasteiger partial charge in [0.05, 0.1) is 0 Å². The van der Waals surface area contributed by atoms with Crippen LogP contribution in [0.15, 0.2) is 24.3 Å². The Balaban J connectivity index is 2.30. The summed E-state index contributed by atoms with van der Waals surface area (Å²) in [5, 5.41) is 0. The van der Waals surface area contributed by atoms with Gasteiger partial charge in [-0.05, 0) is 11.1 Å². The normalized spacial score (nSPS) is 39.4. The maximum Gasteiger partial charge on any atom is 0.103 e. The van der Waals surface area contributed by atoms with Gasteiger partial charge in [0.25, 0.3) is 0 Å². The van der Waals surface area contributed by atoms with Gasteiger partial charge in [-0.3, -0.25) is 0 Å². The first kappa shape index (κ1) is 15.0. The average Bonchev–Trinajstić information content (AvgIpc) is 2.28. The van der Waals surface area contributed by atoms with Gasteiger partial charge in [-0.2, -0.15) is 0 Å². The summed E-state index contributed by atoms with van der Waals surface area (Å²) in [7, 11) is 0. The molecular weight excluding hydrogens is 624 g/mol. The van der Waals surface area contributed by atoms with E-state index in [0.717, 1.165) is 0 Å². The van der Waals surface area contributed by atoms with Gasteiger partial charge < -0.3 is 0 Å². The Morgan fingerprint density at radius 3 is 1.72 bits per heavy atom. The van der Waals surface area contributed by atoms with Crippen LogP contribution in [0.4, 0.5) is 0 Å². The SMILES string of the molecule is Br[C@H]1C2c3ccccc3C(C1(Br)Br)C(Br)(Br)[C@H]2Br. The fourth-order valence-electron chi connectivity index (χ4n) is 3.01. The molecule has 0 nitrogen and oxygen atoms in total. The van der Waals surface area contributed by atoms with Crippen LogP contribution in [0.2, 0.25) is 0 Å². The van der Waals surface area contributed by atoms with E-state index < -0.39 is 0 Å². The molecule has 3 aliphatic rings. The van der Waals surface area contributed by atoms with Crippen molar-refractivity contribution in [2.75, 3.05) is 0 Å². The number of hydrogen-bond acceptors (Lipinski definition) is 0. The molecule has 2 atom stereocenters. The zero-order valence-corrected chi connectivity index (χ0v) is 18.4. The minimum absolute atomic E-state index is 0.170. The van der Waals surface area contributed by atoms with Crippen LogP contribution in [-0.2, 0) is 0 Å². The molecule has 1 aromatic rings. The fraction of sp³-hybridized carbons (Fsp3) is 0.500. The topological polar surface area (TPSA) is 0 Å². The minimum atomic E-state index is -0.170. The van der Waals surface area contributed by atoms with E-state index in [9.17, 15) is 0 Å². The third kappa shape index (κ3) is 1.88. The molecule has 0 amide bonds. The van der Waals surface area contributed by atoms with Crippen LogP contribution in [0.25, 0.3) is 0 Å². The average molecular weight is 632 g/mol. The van der Waals surface area contributed by atoms with Crippen LogP contribution in [0.1, 0.15) is 23.0 Å². The summed E-state index contributed by atoms with van der Waals surface area (Å²) in [6.45, 7) is 0. The predicted octanol–water partition coefficient (Wildman–Crippen LogP) is 6.38. The van der Waals surface area contributed by atoms with Crippen molar-refractivity contribution in [3.63, 3.8) is 0 Å². The van der Waals surface area contributed by atoms with Crippen LogP contribution >= 0.6 is 95.6 Å². The molecule has 2 bridgehead atoms. The van der Waals surface area contributed by atoms with Crippen molar-refractivity contribution < 1.29 is 0 Å². The van der Waals surface area contributed by atoms with Gasteiger partial charge >= 0.3 is 0 Å². The lowest BCUT2D eigenvalue weighted by atomic mass is 9.66. The van der Waals surface area contributed by atoms with E-state index in [4.69, 9.17) is 0 Å². The molecule has 0 aliphatic heterocycles. The maximum atomic E-state index is 3.88. The zero-order chi connectivity index (χ0) is 13.3. The molecule has 6 heteroatoms. The van der Waals surface area contributed by atoms with Gasteiger partial charge in [0, 0.05) is 21.5 Å². The summed E-state index contributed by atoms with van der Waals surface area (Å²) in [6, 6.07) is 8.69. The monoisotopic (exact) mass is 626 g/mol. The highest BCUT2D eigenvalue weighted by atomic mass is 79.9. The molecule has 98 valence electrons. The molecule has 1 fully saturated rings. The second kappa shape index (κ2) is 4.80. The third-order valence-corrected chi connectivity index (χ3v) is 12.6. The molecule has 0 unspecified atom stereocenters. The van der Waals surface area contributed by atoms with Crippen molar-refractivity contribution in [2.45, 2.75) is 28.0 Å². The first-order valence-corrected chi connectivity index (χ1v) is 10.4. The Morgan fingerprint density at radius 2 is 1.22 bits per heavy atom. The standard InChI is InChI=1S/C12H8Br6/c13-9-7-5-3-1-2-4-6(5)8(11(9,15)16)12(17,18)10(7)14/h1-4,7-10H/t7?,8?,9-,10-/m0/s1. The van der Waals surface area contributed by atoms with Crippen molar-refractivity contribution in [3.8, 4) is 0 Å². The highest BCUT2D eigenvalue weighted by Gasteiger charge is 2.66. The Bertz CT molecular complexity index is 475. The van der Waals surface area contributed by atoms with Crippen molar-refractivity contribution in [1.82, 2.24) is 0 Å². The highest BCUT2D eigenvalue weighted by molar-refractivity contribution is 9.27. The number of hydrogen-bond donors (Lipinski definition) is 0. The molecule has 0 radical (unpaired) electrons. The minimum Gasteiger partial charge on any atom is -0.0859 e. The van der Waals surface area contributed by atoms with E-state index >= 15 is 0 Å². The van der Waals surface area contributed by atoms with Gasteiger partial charge in [-0.25, -0.2) is 0 Å². The van der Waals surface area contributed by atoms with E-state index in [1.807, 2.05) is 0 Å². The summed E-state index contributed by atoms with van der Waals surface area (Å²) in [6.07, 6.45) is 0. The molecule has 3 aliphatic carbocycles. The molecule has 18 heavy (non-hydrogen) atoms. The summed E-state index contributed by atoms with van der Waals surface area (Å²) < 4.78 is -0.341. The van der Waals surface area contributed by atoms with Gasteiger partial charge in [0.1, 0.15) is 6.47 Å². The first-order chi connectivity index (χ1) is 8.29. The smallest absolute Gasteiger partial charge is 0.0859 e. The molecule has 0 heterocycles. The maximum absolute atomic E-state index is 3.88. The molecule has 0 N–H and O–H groups in total. The summed E-state index contributed by atoms with van der Waals surface area (Å²) >= 11 is 23.2. The van der Waals surface area contributed by atoms with Gasteiger partial charge in [-0.1, -0.05) is 120 Å². The number of halogens is 6. The van der Waals surface area contributed by atoms with Crippen LogP contribution in [0.5, 0.6) is 0 Å². The Kier molecular flexibility index (Phi) is 4.00. The Morgan fingerprint density at radius 1 is 0.778 bits per heavy atom. The lowest BCUT2D eigenvalue weighted by molar-refractivity contribution is 0.386. The van der Waals surface area contributed by atoms with E-state index in [0.29, 0.717) is 15.6 Å². The second-order valence-corrected chi connectivity index (χ2v) is 14.1. The number of rotatable bonds is 0. The van der Waals surface area contributed by atoms with E-state index in [-0.39, 0.29) is 12.4 Å². The predicted molar refractivity (Wildman–Crippen MR) is 98.5 cm³/mol. The molecule has 0 spiro atoms. The lowest BCUT2D eigenvalue weighted by Gasteiger charge is -2.58. The van der Waals surface area contributed by atoms with Gasteiger partial charge in [0.2, 0.25) is 0 Å². The summed E-state index contributed by atoms with van der Waals surface area (Å²) in [5.41, 5.74) is 2.81. The van der Waals surface area contributed by atoms with Crippen molar-refractivity contribution in [3.05, 3.63) is 35.4 Å². The first-order valence-electron chi connectivity index (χ1n) is 5.42. The Hall–Kier alpha value is 2.10. The van der Waals surface area contributed by atoms with E-state index in [1.54, 1.807) is 0 Å². The van der Waals surface area contributed by atoms with Crippen LogP contribution in [-0.4, -0.2) is 16.1 Å². The third-order valence-electron chi connectivity index (χ3n) is 3.80. The number of fused-ring (bicyclic) bond motifs is 2. The van der Waals surface area contributed by atoms with E-state index in [2.05, 4.69) is 120 Å². The van der Waals surface area contributed by atoms with Gasteiger partial charge in [0.15, 0.2) is 0 Å². The van der Waals surface area contributed by atoms with Crippen molar-refractivity contribution >= 4 is 95.6 Å². The molecule has 0 saturated heterocycles. The van der Waals surface area contributed by atoms with E-state index in [1.165, 1.54) is 11.1 Å². The van der Waals surface area contributed by atoms with Crippen molar-refractivity contribution in [1.29, 1.82) is 0 Å². The molecule has 4 rings (SSSR count). The van der Waals surface area contributed by atoms with Gasteiger partial charge in [-0.15, -0.1) is 0 Å². The fourth-order valence-corrected chi connectivity index (χ4v) is 9.93. The molecule has 0 aromatic heterocycles. The van der Waals surface area contributed by atoms with Crippen LogP contribution < -0.4 is 0 Å². The molecular formula is C12H8Br6. The number of alkyl halides is 6. The van der Waals surface area contributed by atoms with Crippen LogP contribution in [0, 0.1) is 0 Å². The zero-order valence-electron chi connectivity index (χ0n) is 8.89.